The lowest BCUT2D eigenvalue weighted by Gasteiger charge is -2.24. The minimum atomic E-state index is -0.716. The Kier molecular flexibility index (Phi) is 7.82. The van der Waals surface area contributed by atoms with Crippen molar-refractivity contribution in [2.45, 2.75) is 39.8 Å². The molecule has 2 aromatic carbocycles. The molecule has 0 aliphatic heterocycles. The fraction of sp³-hybridized carbons (Fsp3) is 0.320. The number of hydrogen-bond acceptors (Lipinski definition) is 4. The number of amides is 2. The molecular weight excluding hydrogens is 423 g/mol. The van der Waals surface area contributed by atoms with Gasteiger partial charge in [0.1, 0.15) is 17.6 Å². The Morgan fingerprint density at radius 2 is 1.70 bits per heavy atom. The van der Waals surface area contributed by atoms with Crippen LogP contribution in [0.5, 0.6) is 5.75 Å². The van der Waals surface area contributed by atoms with E-state index in [2.05, 4.69) is 15.7 Å². The van der Waals surface area contributed by atoms with Gasteiger partial charge in [-0.1, -0.05) is 32.0 Å². The number of nitrogens with one attached hydrogen (secondary N) is 2. The number of ether oxygens (including phenoxy) is 1. The lowest BCUT2D eigenvalue weighted by molar-refractivity contribution is -0.131. The molecule has 2 unspecified atom stereocenters. The first-order valence-corrected chi connectivity index (χ1v) is 10.8. The Hall–Kier alpha value is -3.68. The summed E-state index contributed by atoms with van der Waals surface area (Å²) in [5, 5.41) is 10.1. The van der Waals surface area contributed by atoms with Crippen LogP contribution in [-0.2, 0) is 9.59 Å². The molecule has 174 valence electrons. The minimum Gasteiger partial charge on any atom is -0.484 e. The van der Waals surface area contributed by atoms with Gasteiger partial charge in [-0.15, -0.1) is 0 Å². The summed E-state index contributed by atoms with van der Waals surface area (Å²) in [5.41, 5.74) is 2.38. The molecule has 33 heavy (non-hydrogen) atoms. The van der Waals surface area contributed by atoms with Crippen molar-refractivity contribution in [3.8, 4) is 11.4 Å². The van der Waals surface area contributed by atoms with Gasteiger partial charge in [0.25, 0.3) is 5.91 Å². The summed E-state index contributed by atoms with van der Waals surface area (Å²) in [4.78, 5) is 25.3. The van der Waals surface area contributed by atoms with E-state index < -0.39 is 6.04 Å². The first-order chi connectivity index (χ1) is 15.8. The van der Waals surface area contributed by atoms with Gasteiger partial charge in [0.2, 0.25) is 5.91 Å². The Bertz CT molecular complexity index is 1080. The van der Waals surface area contributed by atoms with Crippen molar-refractivity contribution in [2.75, 3.05) is 6.61 Å². The molecule has 0 radical (unpaired) electrons. The van der Waals surface area contributed by atoms with Crippen LogP contribution in [-0.4, -0.2) is 34.2 Å². The quantitative estimate of drug-likeness (QED) is 0.518. The highest BCUT2D eigenvalue weighted by molar-refractivity contribution is 5.88. The number of hydrogen-bond donors (Lipinski definition) is 2. The zero-order chi connectivity index (χ0) is 24.0. The average Bonchev–Trinajstić information content (AvgIpc) is 3.18. The molecule has 1 heterocycles. The summed E-state index contributed by atoms with van der Waals surface area (Å²) in [7, 11) is 0. The standard InChI is InChI=1S/C25H29FN4O3/c1-16(2)24(29-23(31)15-33-21-8-6-5-7-9-21)25(32)28-17(3)22-14-27-30(18(22)4)20-12-10-19(26)11-13-20/h5-14,16-17,24H,15H2,1-4H3,(H,28,32)(H,29,31). The summed E-state index contributed by atoms with van der Waals surface area (Å²) < 4.78 is 20.4. The molecule has 3 aromatic rings. The fourth-order valence-corrected chi connectivity index (χ4v) is 3.49. The maximum absolute atomic E-state index is 13.2. The van der Waals surface area contributed by atoms with Crippen LogP contribution >= 0.6 is 0 Å². The third kappa shape index (κ3) is 6.19. The van der Waals surface area contributed by atoms with E-state index in [9.17, 15) is 14.0 Å². The van der Waals surface area contributed by atoms with Gasteiger partial charge in [-0.25, -0.2) is 9.07 Å². The third-order valence-corrected chi connectivity index (χ3v) is 5.32. The van der Waals surface area contributed by atoms with Gasteiger partial charge >= 0.3 is 0 Å². The van der Waals surface area contributed by atoms with Crippen LogP contribution in [0.3, 0.4) is 0 Å². The molecule has 8 heteroatoms. The van der Waals surface area contributed by atoms with Gasteiger partial charge in [0.05, 0.1) is 17.9 Å². The van der Waals surface area contributed by atoms with E-state index in [-0.39, 0.29) is 36.2 Å². The first kappa shape index (κ1) is 24.0. The van der Waals surface area contributed by atoms with Crippen molar-refractivity contribution >= 4 is 11.8 Å². The van der Waals surface area contributed by atoms with E-state index >= 15 is 0 Å². The summed E-state index contributed by atoms with van der Waals surface area (Å²) in [6, 6.07) is 14.0. The number of carbonyl (C=O) groups excluding carboxylic acids is 2. The Morgan fingerprint density at radius 3 is 2.33 bits per heavy atom. The van der Waals surface area contributed by atoms with E-state index in [1.165, 1.54) is 12.1 Å². The third-order valence-electron chi connectivity index (χ3n) is 5.32. The van der Waals surface area contributed by atoms with Gasteiger partial charge in [0, 0.05) is 11.3 Å². The van der Waals surface area contributed by atoms with Crippen LogP contribution in [0.25, 0.3) is 5.69 Å². The smallest absolute Gasteiger partial charge is 0.258 e. The monoisotopic (exact) mass is 452 g/mol. The highest BCUT2D eigenvalue weighted by atomic mass is 19.1. The minimum absolute atomic E-state index is 0.124. The van der Waals surface area contributed by atoms with E-state index in [1.807, 2.05) is 45.9 Å². The summed E-state index contributed by atoms with van der Waals surface area (Å²) in [6.45, 7) is 7.29. The molecular formula is C25H29FN4O3. The second kappa shape index (κ2) is 10.8. The molecule has 3 rings (SSSR count). The SMILES string of the molecule is Cc1c(C(C)NC(=O)C(NC(=O)COc2ccccc2)C(C)C)cnn1-c1ccc(F)cc1. The summed E-state index contributed by atoms with van der Waals surface area (Å²) >= 11 is 0. The van der Waals surface area contributed by atoms with Crippen molar-refractivity contribution in [2.24, 2.45) is 5.92 Å². The molecule has 2 N–H and O–H groups in total. The van der Waals surface area contributed by atoms with Gasteiger partial charge in [-0.2, -0.15) is 5.10 Å². The predicted molar refractivity (Wildman–Crippen MR) is 124 cm³/mol. The molecule has 0 aliphatic carbocycles. The van der Waals surface area contributed by atoms with Crippen molar-refractivity contribution in [1.82, 2.24) is 20.4 Å². The lowest BCUT2D eigenvalue weighted by Crippen LogP contribution is -2.51. The van der Waals surface area contributed by atoms with Gasteiger partial charge in [-0.05, 0) is 56.2 Å². The van der Waals surface area contributed by atoms with Crippen LogP contribution < -0.4 is 15.4 Å². The van der Waals surface area contributed by atoms with Crippen LogP contribution in [0.2, 0.25) is 0 Å². The summed E-state index contributed by atoms with van der Waals surface area (Å²) in [6.07, 6.45) is 1.68. The average molecular weight is 453 g/mol. The van der Waals surface area contributed by atoms with Gasteiger partial charge in [-0.3, -0.25) is 9.59 Å². The van der Waals surface area contributed by atoms with Gasteiger partial charge in [0.15, 0.2) is 6.61 Å². The number of carbonyl (C=O) groups is 2. The van der Waals surface area contributed by atoms with E-state index in [0.717, 1.165) is 16.9 Å². The molecule has 0 saturated heterocycles. The molecule has 1 aromatic heterocycles. The zero-order valence-electron chi connectivity index (χ0n) is 19.2. The molecule has 2 amide bonds. The second-order valence-electron chi connectivity index (χ2n) is 8.19. The molecule has 0 bridgehead atoms. The van der Waals surface area contributed by atoms with Crippen molar-refractivity contribution < 1.29 is 18.7 Å². The van der Waals surface area contributed by atoms with Crippen LogP contribution in [0.4, 0.5) is 4.39 Å². The lowest BCUT2D eigenvalue weighted by atomic mass is 10.0. The maximum atomic E-state index is 13.2. The van der Waals surface area contributed by atoms with E-state index in [4.69, 9.17) is 4.74 Å². The maximum Gasteiger partial charge on any atom is 0.258 e. The van der Waals surface area contributed by atoms with Crippen molar-refractivity contribution in [1.29, 1.82) is 0 Å². The number of aromatic nitrogens is 2. The Labute approximate surface area is 193 Å². The number of nitrogens with zero attached hydrogens (tertiary/aromatic N) is 2. The van der Waals surface area contributed by atoms with Crippen LogP contribution in [0, 0.1) is 18.7 Å². The van der Waals surface area contributed by atoms with E-state index in [1.54, 1.807) is 35.1 Å². The van der Waals surface area contributed by atoms with Crippen molar-refractivity contribution in [3.05, 3.63) is 77.9 Å². The van der Waals surface area contributed by atoms with Crippen LogP contribution in [0.15, 0.2) is 60.8 Å². The number of benzene rings is 2. The zero-order valence-corrected chi connectivity index (χ0v) is 19.2. The number of rotatable bonds is 9. The largest absolute Gasteiger partial charge is 0.484 e. The second-order valence-corrected chi connectivity index (χ2v) is 8.19. The van der Waals surface area contributed by atoms with Crippen molar-refractivity contribution in [3.63, 3.8) is 0 Å². The van der Waals surface area contributed by atoms with E-state index in [0.29, 0.717) is 5.75 Å². The molecule has 7 nitrogen and oxygen atoms in total. The molecule has 0 fully saturated rings. The highest BCUT2D eigenvalue weighted by Crippen LogP contribution is 2.21. The fourth-order valence-electron chi connectivity index (χ4n) is 3.49. The normalized spacial score (nSPS) is 12.8. The summed E-state index contributed by atoms with van der Waals surface area (Å²) in [5.74, 6) is -0.526. The predicted octanol–water partition coefficient (Wildman–Crippen LogP) is 3.72. The molecule has 2 atom stereocenters. The molecule has 0 spiro atoms. The number of halogens is 1. The van der Waals surface area contributed by atoms with Crippen LogP contribution in [0.1, 0.15) is 38.1 Å². The Morgan fingerprint density at radius 1 is 1.03 bits per heavy atom. The Balaban J connectivity index is 1.63. The first-order valence-electron chi connectivity index (χ1n) is 10.8. The molecule has 0 saturated carbocycles. The number of para-hydroxylation sites is 1. The highest BCUT2D eigenvalue weighted by Gasteiger charge is 2.26. The molecule has 0 aliphatic rings. The van der Waals surface area contributed by atoms with Gasteiger partial charge < -0.3 is 15.4 Å². The topological polar surface area (TPSA) is 85.2 Å².